The highest BCUT2D eigenvalue weighted by Crippen LogP contribution is 2.33. The summed E-state index contributed by atoms with van der Waals surface area (Å²) in [5.41, 5.74) is -0.342. The fourth-order valence-corrected chi connectivity index (χ4v) is 4.11. The third-order valence-corrected chi connectivity index (χ3v) is 5.79. The topological polar surface area (TPSA) is 114 Å². The van der Waals surface area contributed by atoms with E-state index in [0.29, 0.717) is 27.7 Å². The molecule has 0 saturated carbocycles. The summed E-state index contributed by atoms with van der Waals surface area (Å²) in [5, 5.41) is 1.07. The molecule has 0 amide bonds. The summed E-state index contributed by atoms with van der Waals surface area (Å²) < 4.78 is 32.2. The lowest BCUT2D eigenvalue weighted by atomic mass is 10.0. The molecule has 9 nitrogen and oxygen atoms in total. The molecule has 5 rings (SSSR count). The number of carbonyl (C=O) groups is 1. The minimum absolute atomic E-state index is 0.104. The van der Waals surface area contributed by atoms with Crippen molar-refractivity contribution >= 4 is 27.9 Å². The van der Waals surface area contributed by atoms with Crippen LogP contribution in [0.2, 0.25) is 0 Å². The van der Waals surface area contributed by atoms with Gasteiger partial charge in [-0.05, 0) is 36.4 Å². The van der Waals surface area contributed by atoms with Crippen LogP contribution in [0.15, 0.2) is 85.2 Å². The van der Waals surface area contributed by atoms with Crippen molar-refractivity contribution in [3.8, 4) is 34.1 Å². The fourth-order valence-electron chi connectivity index (χ4n) is 4.11. The third kappa shape index (κ3) is 4.27. The summed E-state index contributed by atoms with van der Waals surface area (Å²) in [6, 6.07) is 17.5. The predicted molar refractivity (Wildman–Crippen MR) is 135 cm³/mol. The second-order valence-electron chi connectivity index (χ2n) is 7.89. The van der Waals surface area contributed by atoms with Gasteiger partial charge in [0, 0.05) is 28.5 Å². The summed E-state index contributed by atoms with van der Waals surface area (Å²) in [7, 11) is 4.33. The summed E-state index contributed by atoms with van der Waals surface area (Å²) in [5.74, 6) is 0.353. The molecule has 0 bridgehead atoms. The number of para-hydroxylation sites is 1. The van der Waals surface area contributed by atoms with Gasteiger partial charge in [-0.25, -0.2) is 14.4 Å². The standard InChI is InChI=1S/C28H20O9/c1-32-20-7-5-8-21(33-2)25(20)28(31)35-16-10-11-17-18(14-24(29)36-23(17)13-16)19-12-15-6-4-9-22(34-3)26(15)37-27(19)30/h4-14H,1-3H3. The molecule has 0 aliphatic rings. The van der Waals surface area contributed by atoms with E-state index in [0.717, 1.165) is 0 Å². The number of benzene rings is 3. The molecular formula is C28H20O9. The first-order chi connectivity index (χ1) is 17.9. The molecule has 0 radical (unpaired) electrons. The number of ether oxygens (including phenoxy) is 4. The molecular weight excluding hydrogens is 480 g/mol. The van der Waals surface area contributed by atoms with Gasteiger partial charge >= 0.3 is 17.2 Å². The van der Waals surface area contributed by atoms with E-state index in [2.05, 4.69) is 0 Å². The van der Waals surface area contributed by atoms with Gasteiger partial charge in [0.25, 0.3) is 0 Å². The Morgan fingerprint density at radius 2 is 1.41 bits per heavy atom. The number of carbonyl (C=O) groups excluding carboxylic acids is 1. The lowest BCUT2D eigenvalue weighted by Crippen LogP contribution is -2.12. The van der Waals surface area contributed by atoms with Gasteiger partial charge in [-0.2, -0.15) is 0 Å². The summed E-state index contributed by atoms with van der Waals surface area (Å²) in [4.78, 5) is 38.3. The first-order valence-electron chi connectivity index (χ1n) is 11.1. The van der Waals surface area contributed by atoms with Crippen molar-refractivity contribution in [3.63, 3.8) is 0 Å². The Hall–Kier alpha value is -5.05. The van der Waals surface area contributed by atoms with Gasteiger partial charge in [0.15, 0.2) is 11.3 Å². The molecule has 0 N–H and O–H groups in total. The minimum Gasteiger partial charge on any atom is -0.496 e. The third-order valence-electron chi connectivity index (χ3n) is 5.79. The van der Waals surface area contributed by atoms with Crippen LogP contribution < -0.4 is 30.2 Å². The van der Waals surface area contributed by atoms with Gasteiger partial charge in [-0.3, -0.25) is 0 Å². The number of hydrogen-bond donors (Lipinski definition) is 0. The van der Waals surface area contributed by atoms with Crippen molar-refractivity contribution in [2.24, 2.45) is 0 Å². The van der Waals surface area contributed by atoms with Crippen LogP contribution in [0, 0.1) is 0 Å². The van der Waals surface area contributed by atoms with Crippen LogP contribution >= 0.6 is 0 Å². The van der Waals surface area contributed by atoms with Crippen molar-refractivity contribution < 1.29 is 32.6 Å². The first kappa shape index (κ1) is 23.7. The SMILES string of the molecule is COc1cccc(OC)c1C(=O)Oc1ccc2c(-c3cc4cccc(OC)c4oc3=O)cc(=O)oc2c1. The second kappa shape index (κ2) is 9.54. The Labute approximate surface area is 209 Å². The van der Waals surface area contributed by atoms with Gasteiger partial charge in [-0.15, -0.1) is 0 Å². The molecule has 186 valence electrons. The molecule has 0 spiro atoms. The lowest BCUT2D eigenvalue weighted by Gasteiger charge is -2.12. The summed E-state index contributed by atoms with van der Waals surface area (Å²) in [6.45, 7) is 0. The van der Waals surface area contributed by atoms with Crippen LogP contribution in [0.3, 0.4) is 0 Å². The monoisotopic (exact) mass is 500 g/mol. The van der Waals surface area contributed by atoms with E-state index in [9.17, 15) is 14.4 Å². The molecule has 0 aliphatic carbocycles. The Bertz CT molecular complexity index is 1760. The van der Waals surface area contributed by atoms with Crippen LogP contribution in [0.1, 0.15) is 10.4 Å². The first-order valence-corrected chi connectivity index (χ1v) is 11.1. The van der Waals surface area contributed by atoms with E-state index >= 15 is 0 Å². The zero-order chi connectivity index (χ0) is 26.1. The highest BCUT2D eigenvalue weighted by Gasteiger charge is 2.21. The number of rotatable bonds is 6. The van der Waals surface area contributed by atoms with Crippen LogP contribution in [0.5, 0.6) is 23.0 Å². The second-order valence-corrected chi connectivity index (χ2v) is 7.89. The Kier molecular flexibility index (Phi) is 6.10. The van der Waals surface area contributed by atoms with E-state index in [-0.39, 0.29) is 34.0 Å². The predicted octanol–water partition coefficient (Wildman–Crippen LogP) is 4.81. The highest BCUT2D eigenvalue weighted by atomic mass is 16.5. The number of methoxy groups -OCH3 is 3. The summed E-state index contributed by atoms with van der Waals surface area (Å²) in [6.07, 6.45) is 0. The molecule has 0 fully saturated rings. The Morgan fingerprint density at radius 1 is 0.730 bits per heavy atom. The summed E-state index contributed by atoms with van der Waals surface area (Å²) >= 11 is 0. The zero-order valence-electron chi connectivity index (χ0n) is 20.0. The molecule has 0 aliphatic heterocycles. The largest absolute Gasteiger partial charge is 0.496 e. The number of esters is 1. The van der Waals surface area contributed by atoms with Crippen LogP contribution in [0.4, 0.5) is 0 Å². The fraction of sp³-hybridized carbons (Fsp3) is 0.107. The molecule has 0 unspecified atom stereocenters. The van der Waals surface area contributed by atoms with Crippen LogP contribution in [-0.4, -0.2) is 27.3 Å². The van der Waals surface area contributed by atoms with Crippen molar-refractivity contribution in [2.45, 2.75) is 0 Å². The highest BCUT2D eigenvalue weighted by molar-refractivity contribution is 5.99. The van der Waals surface area contributed by atoms with E-state index < -0.39 is 17.2 Å². The van der Waals surface area contributed by atoms with Gasteiger partial charge in [0.05, 0.1) is 26.9 Å². The molecule has 2 heterocycles. The quantitative estimate of drug-likeness (QED) is 0.184. The van der Waals surface area contributed by atoms with Crippen molar-refractivity contribution in [3.05, 3.63) is 93.1 Å². The van der Waals surface area contributed by atoms with Gasteiger partial charge in [0.2, 0.25) is 0 Å². The molecule has 5 aromatic rings. The Morgan fingerprint density at radius 3 is 2.11 bits per heavy atom. The molecule has 0 atom stereocenters. The van der Waals surface area contributed by atoms with E-state index in [1.807, 2.05) is 0 Å². The maximum Gasteiger partial charge on any atom is 0.351 e. The number of fused-ring (bicyclic) bond motifs is 2. The van der Waals surface area contributed by atoms with Gasteiger partial charge in [-0.1, -0.05) is 18.2 Å². The molecule has 3 aromatic carbocycles. The van der Waals surface area contributed by atoms with Crippen molar-refractivity contribution in [1.82, 2.24) is 0 Å². The maximum absolute atomic E-state index is 12.9. The lowest BCUT2D eigenvalue weighted by molar-refractivity contribution is 0.0727. The molecule has 9 heteroatoms. The van der Waals surface area contributed by atoms with E-state index in [1.165, 1.54) is 39.5 Å². The average Bonchev–Trinajstić information content (AvgIpc) is 2.91. The van der Waals surface area contributed by atoms with E-state index in [1.54, 1.807) is 48.5 Å². The zero-order valence-corrected chi connectivity index (χ0v) is 20.0. The molecule has 2 aromatic heterocycles. The van der Waals surface area contributed by atoms with Gasteiger partial charge < -0.3 is 27.8 Å². The van der Waals surface area contributed by atoms with Gasteiger partial charge in [0.1, 0.15) is 28.4 Å². The maximum atomic E-state index is 12.9. The smallest absolute Gasteiger partial charge is 0.351 e. The van der Waals surface area contributed by atoms with Crippen molar-refractivity contribution in [2.75, 3.05) is 21.3 Å². The average molecular weight is 500 g/mol. The van der Waals surface area contributed by atoms with Crippen LogP contribution in [-0.2, 0) is 0 Å². The molecule has 0 saturated heterocycles. The van der Waals surface area contributed by atoms with Crippen LogP contribution in [0.25, 0.3) is 33.1 Å². The van der Waals surface area contributed by atoms with Crippen molar-refractivity contribution in [1.29, 1.82) is 0 Å². The van der Waals surface area contributed by atoms with E-state index in [4.69, 9.17) is 27.8 Å². The number of hydrogen-bond acceptors (Lipinski definition) is 9. The Balaban J connectivity index is 1.59. The molecule has 37 heavy (non-hydrogen) atoms. The minimum atomic E-state index is -0.726. The normalized spacial score (nSPS) is 10.9.